The monoisotopic (exact) mass is 195 g/mol. The van der Waals surface area contributed by atoms with Crippen LogP contribution in [0, 0.1) is 5.92 Å². The topological polar surface area (TPSA) is 61.0 Å². The van der Waals surface area contributed by atoms with Gasteiger partial charge in [-0.25, -0.2) is 9.97 Å². The molecule has 1 rings (SSSR count). The highest BCUT2D eigenvalue weighted by atomic mass is 16.5. The minimum Gasteiger partial charge on any atom is -0.481 e. The Hall–Kier alpha value is -1.16. The van der Waals surface area contributed by atoms with Gasteiger partial charge in [0, 0.05) is 12.1 Å². The van der Waals surface area contributed by atoms with Crippen LogP contribution in [-0.4, -0.2) is 17.1 Å². The highest BCUT2D eigenvalue weighted by Gasteiger charge is 2.11. The number of nitrogens with two attached hydrogens (primary N) is 1. The predicted octanol–water partition coefficient (Wildman–Crippen LogP) is 1.14. The molecule has 0 aliphatic carbocycles. The van der Waals surface area contributed by atoms with Crippen LogP contribution in [0.1, 0.15) is 25.1 Å². The van der Waals surface area contributed by atoms with Crippen molar-refractivity contribution in [3.63, 3.8) is 0 Å². The number of rotatable bonds is 4. The second-order valence-corrected chi connectivity index (χ2v) is 3.61. The molecule has 0 bridgehead atoms. The summed E-state index contributed by atoms with van der Waals surface area (Å²) in [7, 11) is 1.60. The Kier molecular flexibility index (Phi) is 3.83. The molecule has 0 atom stereocenters. The Morgan fingerprint density at radius 1 is 1.43 bits per heavy atom. The van der Waals surface area contributed by atoms with Crippen molar-refractivity contribution in [3.05, 3.63) is 17.6 Å². The Labute approximate surface area is 84.5 Å². The number of ether oxygens (including phenoxy) is 1. The zero-order valence-corrected chi connectivity index (χ0v) is 8.95. The highest BCUT2D eigenvalue weighted by molar-refractivity contribution is 5.29. The van der Waals surface area contributed by atoms with E-state index in [1.807, 2.05) is 0 Å². The van der Waals surface area contributed by atoms with Crippen molar-refractivity contribution in [3.8, 4) is 5.88 Å². The summed E-state index contributed by atoms with van der Waals surface area (Å²) in [6.07, 6.45) is 2.43. The molecule has 4 nitrogen and oxygen atoms in total. The van der Waals surface area contributed by atoms with Gasteiger partial charge in [-0.05, 0) is 12.3 Å². The lowest BCUT2D eigenvalue weighted by atomic mass is 10.0. The first-order chi connectivity index (χ1) is 6.69. The van der Waals surface area contributed by atoms with Gasteiger partial charge in [0.1, 0.15) is 6.33 Å². The van der Waals surface area contributed by atoms with E-state index in [9.17, 15) is 0 Å². The fourth-order valence-corrected chi connectivity index (χ4v) is 1.37. The zero-order chi connectivity index (χ0) is 10.6. The van der Waals surface area contributed by atoms with Gasteiger partial charge >= 0.3 is 0 Å². The number of nitrogens with zero attached hydrogens (tertiary/aromatic N) is 2. The molecule has 0 aliphatic rings. The highest BCUT2D eigenvalue weighted by Crippen LogP contribution is 2.18. The first kappa shape index (κ1) is 10.9. The molecule has 0 fully saturated rings. The lowest BCUT2D eigenvalue weighted by Gasteiger charge is -2.11. The number of hydrogen-bond acceptors (Lipinski definition) is 4. The van der Waals surface area contributed by atoms with Crippen LogP contribution in [-0.2, 0) is 13.0 Å². The molecule has 2 N–H and O–H groups in total. The summed E-state index contributed by atoms with van der Waals surface area (Å²) in [4.78, 5) is 8.25. The molecule has 14 heavy (non-hydrogen) atoms. The van der Waals surface area contributed by atoms with E-state index in [1.165, 1.54) is 6.33 Å². The quantitative estimate of drug-likeness (QED) is 0.782. The second kappa shape index (κ2) is 4.91. The Morgan fingerprint density at radius 2 is 2.14 bits per heavy atom. The fraction of sp³-hybridized carbons (Fsp3) is 0.600. The molecular weight excluding hydrogens is 178 g/mol. The Morgan fingerprint density at radius 3 is 2.64 bits per heavy atom. The van der Waals surface area contributed by atoms with Crippen LogP contribution in [0.15, 0.2) is 6.33 Å². The average Bonchev–Trinajstić information content (AvgIpc) is 2.16. The van der Waals surface area contributed by atoms with Crippen molar-refractivity contribution < 1.29 is 4.74 Å². The molecule has 1 heterocycles. The van der Waals surface area contributed by atoms with Crippen LogP contribution >= 0.6 is 0 Å². The largest absolute Gasteiger partial charge is 0.481 e. The van der Waals surface area contributed by atoms with Crippen LogP contribution in [0.2, 0.25) is 0 Å². The van der Waals surface area contributed by atoms with Crippen LogP contribution in [0.3, 0.4) is 0 Å². The third-order valence-electron chi connectivity index (χ3n) is 1.99. The molecule has 1 aromatic heterocycles. The predicted molar refractivity (Wildman–Crippen MR) is 55.0 cm³/mol. The second-order valence-electron chi connectivity index (χ2n) is 3.61. The van der Waals surface area contributed by atoms with E-state index >= 15 is 0 Å². The van der Waals surface area contributed by atoms with Gasteiger partial charge in [-0.2, -0.15) is 0 Å². The van der Waals surface area contributed by atoms with Gasteiger partial charge in [0.25, 0.3) is 0 Å². The van der Waals surface area contributed by atoms with Crippen molar-refractivity contribution in [2.24, 2.45) is 11.7 Å². The Balaban J connectivity index is 3.02. The summed E-state index contributed by atoms with van der Waals surface area (Å²) in [5.74, 6) is 1.15. The molecule has 0 spiro atoms. The standard InChI is InChI=1S/C10H17N3O/c1-7(2)4-9-8(5-11)10(14-3)13-6-12-9/h6-7H,4-5,11H2,1-3H3. The maximum absolute atomic E-state index is 5.64. The normalized spacial score (nSPS) is 10.6. The summed E-state index contributed by atoms with van der Waals surface area (Å²) in [6, 6.07) is 0. The smallest absolute Gasteiger partial charge is 0.220 e. The number of aromatic nitrogens is 2. The van der Waals surface area contributed by atoms with Gasteiger partial charge in [0.15, 0.2) is 0 Å². The molecular formula is C10H17N3O. The molecule has 0 aliphatic heterocycles. The van der Waals surface area contributed by atoms with E-state index in [0.717, 1.165) is 17.7 Å². The zero-order valence-electron chi connectivity index (χ0n) is 8.95. The van der Waals surface area contributed by atoms with Gasteiger partial charge < -0.3 is 10.5 Å². The third-order valence-corrected chi connectivity index (χ3v) is 1.99. The average molecular weight is 195 g/mol. The van der Waals surface area contributed by atoms with E-state index in [2.05, 4.69) is 23.8 Å². The van der Waals surface area contributed by atoms with Crippen molar-refractivity contribution in [2.45, 2.75) is 26.8 Å². The van der Waals surface area contributed by atoms with Gasteiger partial charge in [0.05, 0.1) is 12.8 Å². The lowest BCUT2D eigenvalue weighted by Crippen LogP contribution is -2.09. The van der Waals surface area contributed by atoms with E-state index in [1.54, 1.807) is 7.11 Å². The first-order valence-corrected chi connectivity index (χ1v) is 4.75. The van der Waals surface area contributed by atoms with Gasteiger partial charge in [0.2, 0.25) is 5.88 Å². The number of hydrogen-bond donors (Lipinski definition) is 1. The minimum atomic E-state index is 0.423. The molecule has 0 saturated carbocycles. The van der Waals surface area contributed by atoms with Gasteiger partial charge in [-0.1, -0.05) is 13.8 Å². The minimum absolute atomic E-state index is 0.423. The molecule has 0 aromatic carbocycles. The summed E-state index contributed by atoms with van der Waals surface area (Å²) in [5.41, 5.74) is 7.56. The van der Waals surface area contributed by atoms with Crippen molar-refractivity contribution in [1.82, 2.24) is 9.97 Å². The van der Waals surface area contributed by atoms with Crippen molar-refractivity contribution >= 4 is 0 Å². The van der Waals surface area contributed by atoms with Gasteiger partial charge in [-0.15, -0.1) is 0 Å². The maximum Gasteiger partial charge on any atom is 0.220 e. The number of methoxy groups -OCH3 is 1. The SMILES string of the molecule is COc1ncnc(CC(C)C)c1CN. The molecule has 1 aromatic rings. The van der Waals surface area contributed by atoms with E-state index in [0.29, 0.717) is 18.3 Å². The maximum atomic E-state index is 5.64. The molecule has 0 saturated heterocycles. The van der Waals surface area contributed by atoms with E-state index in [-0.39, 0.29) is 0 Å². The van der Waals surface area contributed by atoms with Gasteiger partial charge in [-0.3, -0.25) is 0 Å². The van der Waals surface area contributed by atoms with Crippen LogP contribution in [0.4, 0.5) is 0 Å². The van der Waals surface area contributed by atoms with Crippen molar-refractivity contribution in [2.75, 3.05) is 7.11 Å². The lowest BCUT2D eigenvalue weighted by molar-refractivity contribution is 0.389. The van der Waals surface area contributed by atoms with Crippen molar-refractivity contribution in [1.29, 1.82) is 0 Å². The molecule has 78 valence electrons. The fourth-order valence-electron chi connectivity index (χ4n) is 1.37. The summed E-state index contributed by atoms with van der Waals surface area (Å²) >= 11 is 0. The molecule has 0 amide bonds. The summed E-state index contributed by atoms with van der Waals surface area (Å²) in [6.45, 7) is 4.72. The molecule has 4 heteroatoms. The van der Waals surface area contributed by atoms with Crippen LogP contribution in [0.25, 0.3) is 0 Å². The molecule has 0 radical (unpaired) electrons. The van der Waals surface area contributed by atoms with Crippen LogP contribution in [0.5, 0.6) is 5.88 Å². The third kappa shape index (κ3) is 2.42. The summed E-state index contributed by atoms with van der Waals surface area (Å²) < 4.78 is 5.13. The first-order valence-electron chi connectivity index (χ1n) is 4.75. The summed E-state index contributed by atoms with van der Waals surface area (Å²) in [5, 5.41) is 0. The molecule has 0 unspecified atom stereocenters. The van der Waals surface area contributed by atoms with Crippen LogP contribution < -0.4 is 10.5 Å². The van der Waals surface area contributed by atoms with E-state index < -0.39 is 0 Å². The van der Waals surface area contributed by atoms with E-state index in [4.69, 9.17) is 10.5 Å². The Bertz CT molecular complexity index is 299.